The summed E-state index contributed by atoms with van der Waals surface area (Å²) >= 11 is 0. The summed E-state index contributed by atoms with van der Waals surface area (Å²) in [5.74, 6) is 0. The SMILES string of the molecule is [2H]C([2H])([2H])C([2H])([2H])c1ccc(-c2cccc[n+]2C)cc1.[2H]C([2H])([2H])c1ccc(-c2cccc[n+]2C)c(C)c1. The predicted octanol–water partition coefficient (Wildman–Crippen LogP) is 5.54. The number of hydrogen-bond donors (Lipinski definition) is 0. The normalized spacial score (nSPS) is 15.6. The third kappa shape index (κ3) is 5.21. The zero-order valence-electron chi connectivity index (χ0n) is 25.6. The van der Waals surface area contributed by atoms with E-state index in [9.17, 15) is 0 Å². The van der Waals surface area contributed by atoms with Gasteiger partial charge in [0.2, 0.25) is 11.4 Å². The maximum Gasteiger partial charge on any atom is 0.212 e. The van der Waals surface area contributed by atoms with Gasteiger partial charge in [-0.1, -0.05) is 36.7 Å². The first-order chi connectivity index (χ1) is 17.6. The van der Waals surface area contributed by atoms with Crippen molar-refractivity contribution in [3.05, 3.63) is 108 Å². The minimum Gasteiger partial charge on any atom is -0.201 e. The van der Waals surface area contributed by atoms with Gasteiger partial charge < -0.3 is 0 Å². The van der Waals surface area contributed by atoms with Crippen LogP contribution in [0.25, 0.3) is 22.5 Å². The second-order valence-corrected chi connectivity index (χ2v) is 7.13. The first-order valence-corrected chi connectivity index (χ1v) is 9.74. The molecule has 0 unspecified atom stereocenters. The highest BCUT2D eigenvalue weighted by Gasteiger charge is 2.10. The van der Waals surface area contributed by atoms with Crippen LogP contribution in [0, 0.1) is 13.8 Å². The minimum absolute atomic E-state index is 0.167. The summed E-state index contributed by atoms with van der Waals surface area (Å²) in [7, 11) is 3.90. The van der Waals surface area contributed by atoms with Crippen molar-refractivity contribution >= 4 is 0 Å². The van der Waals surface area contributed by atoms with Gasteiger partial charge in [0, 0.05) is 46.4 Å². The monoisotopic (exact) mass is 404 g/mol. The van der Waals surface area contributed by atoms with E-state index in [0.717, 1.165) is 28.1 Å². The Labute approximate surface area is 192 Å². The summed E-state index contributed by atoms with van der Waals surface area (Å²) < 4.78 is 63.5. The Balaban J connectivity index is 0.000000212. The maximum absolute atomic E-state index is 7.74. The van der Waals surface area contributed by atoms with Gasteiger partial charge in [0.25, 0.3) is 0 Å². The van der Waals surface area contributed by atoms with Crippen LogP contribution >= 0.6 is 0 Å². The number of hydrogen-bond acceptors (Lipinski definition) is 0. The topological polar surface area (TPSA) is 7.76 Å². The average molecular weight is 405 g/mol. The second kappa shape index (κ2) is 9.98. The molecule has 4 aromatic rings. The largest absolute Gasteiger partial charge is 0.212 e. The highest BCUT2D eigenvalue weighted by molar-refractivity contribution is 5.61. The molecule has 0 bridgehead atoms. The summed E-state index contributed by atoms with van der Waals surface area (Å²) in [4.78, 5) is 0. The van der Waals surface area contributed by atoms with Gasteiger partial charge >= 0.3 is 0 Å². The highest BCUT2D eigenvalue weighted by Crippen LogP contribution is 2.20. The Hall–Kier alpha value is -3.26. The van der Waals surface area contributed by atoms with E-state index in [-0.39, 0.29) is 5.56 Å². The van der Waals surface area contributed by atoms with E-state index in [1.54, 1.807) is 24.3 Å². The molecule has 4 rings (SSSR count). The van der Waals surface area contributed by atoms with Gasteiger partial charge in [0.1, 0.15) is 14.1 Å². The molecule has 0 fully saturated rings. The molecule has 2 heterocycles. The number of aromatic nitrogens is 2. The van der Waals surface area contributed by atoms with Crippen molar-refractivity contribution in [2.75, 3.05) is 0 Å². The summed E-state index contributed by atoms with van der Waals surface area (Å²) in [5.41, 5.74) is 5.57. The molecule has 0 aliphatic carbocycles. The summed E-state index contributed by atoms with van der Waals surface area (Å²) in [6.45, 7) is -2.77. The fourth-order valence-electron chi connectivity index (χ4n) is 3.30. The molecular formula is C28H32N2+2. The highest BCUT2D eigenvalue weighted by atomic mass is 14.9. The lowest BCUT2D eigenvalue weighted by Crippen LogP contribution is -2.30. The van der Waals surface area contributed by atoms with Gasteiger partial charge in [0.15, 0.2) is 12.4 Å². The molecular weight excluding hydrogens is 364 g/mol. The zero-order chi connectivity index (χ0) is 28.3. The van der Waals surface area contributed by atoms with Crippen LogP contribution in [-0.2, 0) is 20.5 Å². The van der Waals surface area contributed by atoms with Gasteiger partial charge in [-0.2, -0.15) is 0 Å². The van der Waals surface area contributed by atoms with Gasteiger partial charge in [-0.25, -0.2) is 9.13 Å². The van der Waals surface area contributed by atoms with Crippen LogP contribution < -0.4 is 9.13 Å². The van der Waals surface area contributed by atoms with Crippen molar-refractivity contribution in [3.63, 3.8) is 0 Å². The van der Waals surface area contributed by atoms with Gasteiger partial charge in [0.05, 0.1) is 0 Å². The number of nitrogens with zero attached hydrogens (tertiary/aromatic N) is 2. The molecule has 2 heteroatoms. The molecule has 0 aliphatic heterocycles. The van der Waals surface area contributed by atoms with E-state index in [4.69, 9.17) is 11.0 Å². The third-order valence-electron chi connectivity index (χ3n) is 4.94. The van der Waals surface area contributed by atoms with E-state index in [0.29, 0.717) is 5.56 Å². The molecule has 0 saturated carbocycles. The van der Waals surface area contributed by atoms with E-state index >= 15 is 0 Å². The number of benzene rings is 2. The molecule has 0 N–H and O–H groups in total. The zero-order valence-corrected chi connectivity index (χ0v) is 17.6. The van der Waals surface area contributed by atoms with E-state index in [2.05, 4.69) is 0 Å². The van der Waals surface area contributed by atoms with Gasteiger partial charge in [-0.05, 0) is 61.6 Å². The van der Waals surface area contributed by atoms with E-state index in [1.165, 1.54) is 12.1 Å². The minimum atomic E-state index is -2.67. The maximum atomic E-state index is 7.74. The molecule has 2 aromatic heterocycles. The lowest BCUT2D eigenvalue weighted by atomic mass is 10.0. The molecule has 0 spiro atoms. The number of rotatable bonds is 3. The van der Waals surface area contributed by atoms with Crippen LogP contribution in [-0.4, -0.2) is 0 Å². The number of aryl methyl sites for hydroxylation is 5. The fraction of sp³-hybridized carbons (Fsp3) is 0.214. The molecule has 0 amide bonds. The Kier molecular flexibility index (Phi) is 4.36. The Morgan fingerprint density at radius 3 is 2.03 bits per heavy atom. The summed E-state index contributed by atoms with van der Waals surface area (Å²) in [5, 5.41) is 0. The van der Waals surface area contributed by atoms with Crippen LogP contribution in [0.2, 0.25) is 0 Å². The molecule has 2 nitrogen and oxygen atoms in total. The Morgan fingerprint density at radius 1 is 0.800 bits per heavy atom. The van der Waals surface area contributed by atoms with Crippen molar-refractivity contribution in [2.24, 2.45) is 14.1 Å². The molecule has 2 aromatic carbocycles. The van der Waals surface area contributed by atoms with Gasteiger partial charge in [-0.15, -0.1) is 0 Å². The molecule has 152 valence electrons. The average Bonchev–Trinajstić information content (AvgIpc) is 2.84. The summed E-state index contributed by atoms with van der Waals surface area (Å²) in [6, 6.07) is 23.6. The van der Waals surface area contributed by atoms with Crippen molar-refractivity contribution in [1.29, 1.82) is 0 Å². The van der Waals surface area contributed by atoms with Crippen LogP contribution in [0.5, 0.6) is 0 Å². The summed E-state index contributed by atoms with van der Waals surface area (Å²) in [6.07, 6.45) is 1.56. The second-order valence-electron chi connectivity index (χ2n) is 7.13. The van der Waals surface area contributed by atoms with E-state index < -0.39 is 20.1 Å². The molecule has 0 atom stereocenters. The number of pyridine rings is 2. The van der Waals surface area contributed by atoms with Crippen LogP contribution in [0.15, 0.2) is 91.3 Å². The quantitative estimate of drug-likeness (QED) is 0.396. The van der Waals surface area contributed by atoms with Crippen molar-refractivity contribution in [2.45, 2.75) is 27.0 Å². The first-order valence-electron chi connectivity index (χ1n) is 13.7. The van der Waals surface area contributed by atoms with Crippen LogP contribution in [0.1, 0.15) is 34.5 Å². The molecule has 0 aliphatic rings. The lowest BCUT2D eigenvalue weighted by Gasteiger charge is -2.04. The molecule has 30 heavy (non-hydrogen) atoms. The standard InChI is InChI=1S/2C14H16N/c1-11-7-8-13(12(2)10-11)14-6-4-5-9-15(14)3;1-3-12-7-9-13(10-8-12)14-6-4-5-11-15(14)2/h4-10H,1-3H3;4-11H,3H2,1-2H3/q2*+1/i1D3;1D3,3D2. The third-order valence-corrected chi connectivity index (χ3v) is 4.94. The predicted molar refractivity (Wildman–Crippen MR) is 125 cm³/mol. The lowest BCUT2D eigenvalue weighted by molar-refractivity contribution is -0.660. The van der Waals surface area contributed by atoms with Crippen molar-refractivity contribution in [3.8, 4) is 22.5 Å². The van der Waals surface area contributed by atoms with Crippen LogP contribution in [0.3, 0.4) is 0 Å². The van der Waals surface area contributed by atoms with Gasteiger partial charge in [-0.3, -0.25) is 0 Å². The molecule has 0 saturated heterocycles. The van der Waals surface area contributed by atoms with Crippen molar-refractivity contribution in [1.82, 2.24) is 0 Å². The van der Waals surface area contributed by atoms with E-state index in [1.807, 2.05) is 85.0 Å². The Bertz CT molecular complexity index is 1390. The Morgan fingerprint density at radius 2 is 1.47 bits per heavy atom. The fourth-order valence-corrected chi connectivity index (χ4v) is 3.30. The molecule has 0 radical (unpaired) electrons. The smallest absolute Gasteiger partial charge is 0.201 e. The van der Waals surface area contributed by atoms with Crippen LogP contribution in [0.4, 0.5) is 0 Å². The van der Waals surface area contributed by atoms with Crippen molar-refractivity contribution < 1.29 is 20.1 Å². The first kappa shape index (κ1) is 13.1.